The van der Waals surface area contributed by atoms with Gasteiger partial charge in [0, 0.05) is 16.2 Å². The highest BCUT2D eigenvalue weighted by atomic mass is 15.0. The first kappa shape index (κ1) is 23.4. The van der Waals surface area contributed by atoms with E-state index in [1.165, 1.54) is 82.4 Å². The minimum atomic E-state index is -0.477. The lowest BCUT2D eigenvalue weighted by Gasteiger charge is -2.51. The molecule has 2 heterocycles. The number of rotatable bonds is 0. The van der Waals surface area contributed by atoms with Crippen LogP contribution < -0.4 is 0 Å². The molecule has 0 N–H and O–H groups in total. The molecule has 1 aliphatic heterocycles. The quantitative estimate of drug-likeness (QED) is 0.178. The second kappa shape index (κ2) is 7.82. The van der Waals surface area contributed by atoms with Crippen molar-refractivity contribution in [3.05, 3.63) is 173 Å². The molecule has 0 saturated carbocycles. The fourth-order valence-electron chi connectivity index (χ4n) is 9.07. The maximum atomic E-state index is 2.53. The molecule has 0 fully saturated rings. The third kappa shape index (κ3) is 2.62. The van der Waals surface area contributed by atoms with Gasteiger partial charge in [-0.3, -0.25) is 0 Å². The van der Waals surface area contributed by atoms with Crippen molar-refractivity contribution in [3.63, 3.8) is 0 Å². The predicted octanol–water partition coefficient (Wildman–Crippen LogP) is 10.4. The average molecular weight is 548 g/mol. The van der Waals surface area contributed by atoms with Gasteiger partial charge < -0.3 is 4.57 Å². The highest BCUT2D eigenvalue weighted by molar-refractivity contribution is 6.12. The van der Waals surface area contributed by atoms with Gasteiger partial charge in [0.2, 0.25) is 0 Å². The molecule has 1 spiro atoms. The minimum absolute atomic E-state index is 0.218. The highest BCUT2D eigenvalue weighted by Crippen LogP contribution is 2.62. The van der Waals surface area contributed by atoms with Crippen LogP contribution in [0.3, 0.4) is 0 Å². The van der Waals surface area contributed by atoms with E-state index in [0.29, 0.717) is 0 Å². The molecule has 1 aromatic heterocycles. The number of hydrogen-bond acceptors (Lipinski definition) is 0. The molecular formula is C42H29N. The Bertz CT molecular complexity index is 2400. The van der Waals surface area contributed by atoms with Crippen LogP contribution in [0.4, 0.5) is 0 Å². The smallest absolute Gasteiger partial charge is 0.0748 e. The van der Waals surface area contributed by atoms with Gasteiger partial charge in [0.1, 0.15) is 0 Å². The summed E-state index contributed by atoms with van der Waals surface area (Å²) in [7, 11) is 0. The number of aromatic nitrogens is 1. The van der Waals surface area contributed by atoms with Crippen molar-refractivity contribution < 1.29 is 0 Å². The van der Waals surface area contributed by atoms with E-state index >= 15 is 0 Å². The number of fused-ring (bicyclic) bond motifs is 15. The van der Waals surface area contributed by atoms with Crippen molar-refractivity contribution in [3.8, 4) is 5.69 Å². The molecule has 1 nitrogen and oxygen atoms in total. The Labute approximate surface area is 250 Å². The lowest BCUT2D eigenvalue weighted by atomic mass is 9.52. The minimum Gasteiger partial charge on any atom is -0.309 e. The van der Waals surface area contributed by atoms with E-state index in [1.807, 2.05) is 0 Å². The Kier molecular flexibility index (Phi) is 4.26. The van der Waals surface area contributed by atoms with Crippen LogP contribution in [-0.4, -0.2) is 4.57 Å². The molecule has 10 rings (SSSR count). The fourth-order valence-corrected chi connectivity index (χ4v) is 9.07. The monoisotopic (exact) mass is 547 g/mol. The SMILES string of the molecule is CC1(C)c2c(ccc3ccccc23)C2(c3ccccc3-n3c4ccccc4c4cccc2c43)c2ccc3ccccc3c21. The van der Waals surface area contributed by atoms with Gasteiger partial charge in [-0.25, -0.2) is 0 Å². The van der Waals surface area contributed by atoms with E-state index < -0.39 is 5.41 Å². The number of nitrogens with zero attached hydrogens (tertiary/aromatic N) is 1. The highest BCUT2D eigenvalue weighted by Gasteiger charge is 2.53. The lowest BCUT2D eigenvalue weighted by molar-refractivity contribution is 0.566. The number of para-hydroxylation sites is 3. The molecule has 7 aromatic carbocycles. The summed E-state index contributed by atoms with van der Waals surface area (Å²) in [5.74, 6) is 0. The first-order valence-corrected chi connectivity index (χ1v) is 15.3. The Hall–Kier alpha value is -5.14. The van der Waals surface area contributed by atoms with Crippen LogP contribution in [0.1, 0.15) is 47.2 Å². The number of hydrogen-bond donors (Lipinski definition) is 0. The maximum Gasteiger partial charge on any atom is 0.0748 e. The maximum absolute atomic E-state index is 2.53. The summed E-state index contributed by atoms with van der Waals surface area (Å²) in [5.41, 5.74) is 11.5. The molecule has 0 amide bonds. The second-order valence-corrected chi connectivity index (χ2v) is 12.9. The summed E-state index contributed by atoms with van der Waals surface area (Å²) in [5, 5.41) is 7.91. The summed E-state index contributed by atoms with van der Waals surface area (Å²) in [6, 6.07) is 52.6. The van der Waals surface area contributed by atoms with Crippen LogP contribution in [0.15, 0.2) is 140 Å². The zero-order valence-electron chi connectivity index (χ0n) is 24.2. The average Bonchev–Trinajstić information content (AvgIpc) is 3.39. The number of benzene rings is 7. The van der Waals surface area contributed by atoms with Gasteiger partial charge >= 0.3 is 0 Å². The van der Waals surface area contributed by atoms with Crippen molar-refractivity contribution in [1.82, 2.24) is 4.57 Å². The summed E-state index contributed by atoms with van der Waals surface area (Å²) < 4.78 is 2.53. The van der Waals surface area contributed by atoms with Gasteiger partial charge in [0.05, 0.1) is 22.1 Å². The van der Waals surface area contributed by atoms with Crippen molar-refractivity contribution in [2.24, 2.45) is 0 Å². The zero-order valence-corrected chi connectivity index (χ0v) is 24.2. The van der Waals surface area contributed by atoms with E-state index in [2.05, 4.69) is 158 Å². The molecule has 0 bridgehead atoms. The van der Waals surface area contributed by atoms with Gasteiger partial charge in [-0.15, -0.1) is 0 Å². The Morgan fingerprint density at radius 1 is 0.419 bits per heavy atom. The Balaban J connectivity index is 1.53. The summed E-state index contributed by atoms with van der Waals surface area (Å²) in [4.78, 5) is 0. The third-order valence-electron chi connectivity index (χ3n) is 10.6. The largest absolute Gasteiger partial charge is 0.309 e. The van der Waals surface area contributed by atoms with Crippen molar-refractivity contribution in [2.75, 3.05) is 0 Å². The Morgan fingerprint density at radius 2 is 0.953 bits per heavy atom. The Morgan fingerprint density at radius 3 is 1.65 bits per heavy atom. The molecule has 1 aliphatic carbocycles. The molecule has 1 heteroatoms. The normalized spacial score (nSPS) is 15.6. The molecular weight excluding hydrogens is 518 g/mol. The van der Waals surface area contributed by atoms with Crippen molar-refractivity contribution >= 4 is 43.4 Å². The predicted molar refractivity (Wildman–Crippen MR) is 180 cm³/mol. The van der Waals surface area contributed by atoms with E-state index in [4.69, 9.17) is 0 Å². The first-order chi connectivity index (χ1) is 21.1. The van der Waals surface area contributed by atoms with Gasteiger partial charge in [-0.1, -0.05) is 141 Å². The third-order valence-corrected chi connectivity index (χ3v) is 10.6. The van der Waals surface area contributed by atoms with Crippen molar-refractivity contribution in [1.29, 1.82) is 0 Å². The van der Waals surface area contributed by atoms with Crippen LogP contribution in [0.25, 0.3) is 49.0 Å². The molecule has 8 aromatic rings. The molecule has 0 atom stereocenters. The molecule has 2 aliphatic rings. The van der Waals surface area contributed by atoms with E-state index in [0.717, 1.165) is 0 Å². The van der Waals surface area contributed by atoms with Crippen molar-refractivity contribution in [2.45, 2.75) is 24.7 Å². The van der Waals surface area contributed by atoms with E-state index in [9.17, 15) is 0 Å². The second-order valence-electron chi connectivity index (χ2n) is 12.9. The van der Waals surface area contributed by atoms with E-state index in [-0.39, 0.29) is 5.41 Å². The molecule has 0 saturated heterocycles. The van der Waals surface area contributed by atoms with Crippen LogP contribution >= 0.6 is 0 Å². The topological polar surface area (TPSA) is 4.93 Å². The summed E-state index contributed by atoms with van der Waals surface area (Å²) >= 11 is 0. The lowest BCUT2D eigenvalue weighted by Crippen LogP contribution is -2.44. The molecule has 43 heavy (non-hydrogen) atoms. The van der Waals surface area contributed by atoms with Crippen LogP contribution in [0.2, 0.25) is 0 Å². The van der Waals surface area contributed by atoms with Gasteiger partial charge in [0.25, 0.3) is 0 Å². The zero-order chi connectivity index (χ0) is 28.5. The summed E-state index contributed by atoms with van der Waals surface area (Å²) in [6.07, 6.45) is 0. The first-order valence-electron chi connectivity index (χ1n) is 15.3. The van der Waals surface area contributed by atoms with Crippen LogP contribution in [0, 0.1) is 0 Å². The van der Waals surface area contributed by atoms with E-state index in [1.54, 1.807) is 0 Å². The molecule has 0 unspecified atom stereocenters. The van der Waals surface area contributed by atoms with Gasteiger partial charge in [0.15, 0.2) is 0 Å². The summed E-state index contributed by atoms with van der Waals surface area (Å²) in [6.45, 7) is 4.89. The molecule has 202 valence electrons. The standard InChI is InChI=1S/C42H29N/c1-41(2)38-28-14-5-3-12-26(28)22-24-33(38)42(34-25-23-27-13-4-6-15-29(27)39(34)41)32-18-8-10-21-37(32)43-36-20-9-7-16-30(36)31-17-11-19-35(42)40(31)43/h3-25H,1-2H3. The van der Waals surface area contributed by atoms with Gasteiger partial charge in [-0.05, 0) is 67.1 Å². The van der Waals surface area contributed by atoms with Crippen LogP contribution in [0.5, 0.6) is 0 Å². The fraction of sp³-hybridized carbons (Fsp3) is 0.0952. The molecule has 0 radical (unpaired) electrons. The van der Waals surface area contributed by atoms with Crippen LogP contribution in [-0.2, 0) is 10.8 Å². The van der Waals surface area contributed by atoms with Gasteiger partial charge in [-0.2, -0.15) is 0 Å².